The lowest BCUT2D eigenvalue weighted by molar-refractivity contribution is 0.244. The van der Waals surface area contributed by atoms with Crippen LogP contribution in [0.25, 0.3) is 0 Å². The van der Waals surface area contributed by atoms with E-state index in [1.54, 1.807) is 17.2 Å². The summed E-state index contributed by atoms with van der Waals surface area (Å²) in [6, 6.07) is 10.9. The molecule has 37 heavy (non-hydrogen) atoms. The summed E-state index contributed by atoms with van der Waals surface area (Å²) in [5.41, 5.74) is 3.34. The maximum atomic E-state index is 12.8. The van der Waals surface area contributed by atoms with Crippen LogP contribution in [0.15, 0.2) is 48.3 Å². The molecule has 1 unspecified atom stereocenters. The Balaban J connectivity index is 1.28. The fraction of sp³-hybridized carbons (Fsp3) is 0.686. The van der Waals surface area contributed by atoms with Crippen molar-refractivity contribution < 1.29 is 4.39 Å². The average Bonchev–Trinajstić information content (AvgIpc) is 2.95. The zero-order valence-corrected chi connectivity index (χ0v) is 23.8. The van der Waals surface area contributed by atoms with Crippen LogP contribution in [0.3, 0.4) is 0 Å². The SMILES string of the molecule is CCCC(CC)c1ccccc1[C@H]1CC[C@H](CCCC[C@H]2CC[C@H](CCC=CC=C(F)C#N)CC2)CC1. The Bertz CT molecular complexity index is 861. The highest BCUT2D eigenvalue weighted by atomic mass is 19.1. The van der Waals surface area contributed by atoms with E-state index in [0.29, 0.717) is 0 Å². The molecule has 3 rings (SSSR count). The van der Waals surface area contributed by atoms with E-state index < -0.39 is 5.83 Å². The zero-order valence-electron chi connectivity index (χ0n) is 23.8. The molecule has 0 N–H and O–H groups in total. The molecule has 2 fully saturated rings. The molecule has 2 heteroatoms. The molecule has 1 atom stereocenters. The van der Waals surface area contributed by atoms with Crippen LogP contribution >= 0.6 is 0 Å². The Hall–Kier alpha value is -1.88. The first-order chi connectivity index (χ1) is 18.1. The second-order valence-corrected chi connectivity index (χ2v) is 12.0. The molecule has 204 valence electrons. The highest BCUT2D eigenvalue weighted by Gasteiger charge is 2.26. The van der Waals surface area contributed by atoms with Crippen molar-refractivity contribution in [2.75, 3.05) is 0 Å². The van der Waals surface area contributed by atoms with E-state index in [1.165, 1.54) is 115 Å². The van der Waals surface area contributed by atoms with E-state index in [1.807, 2.05) is 6.08 Å². The van der Waals surface area contributed by atoms with Gasteiger partial charge in [0.05, 0.1) is 0 Å². The van der Waals surface area contributed by atoms with Crippen LogP contribution in [0.1, 0.15) is 146 Å². The topological polar surface area (TPSA) is 23.8 Å². The first-order valence-electron chi connectivity index (χ1n) is 15.7. The molecule has 2 saturated carbocycles. The van der Waals surface area contributed by atoms with Gasteiger partial charge in [-0.15, -0.1) is 0 Å². The van der Waals surface area contributed by atoms with Crippen molar-refractivity contribution in [1.29, 1.82) is 5.26 Å². The van der Waals surface area contributed by atoms with Gasteiger partial charge in [0.1, 0.15) is 6.07 Å². The van der Waals surface area contributed by atoms with Crippen LogP contribution in [0.2, 0.25) is 0 Å². The fourth-order valence-electron chi connectivity index (χ4n) is 7.24. The Labute approximate surface area is 227 Å². The molecule has 0 heterocycles. The first-order valence-corrected chi connectivity index (χ1v) is 15.7. The van der Waals surface area contributed by atoms with E-state index in [2.05, 4.69) is 38.1 Å². The molecule has 2 aliphatic carbocycles. The molecular formula is C35H52FN. The van der Waals surface area contributed by atoms with E-state index >= 15 is 0 Å². The van der Waals surface area contributed by atoms with Gasteiger partial charge in [-0.3, -0.25) is 0 Å². The fourth-order valence-corrected chi connectivity index (χ4v) is 7.24. The number of nitrogens with zero attached hydrogens (tertiary/aromatic N) is 1. The van der Waals surface area contributed by atoms with Gasteiger partial charge in [-0.2, -0.15) is 9.65 Å². The number of hydrogen-bond donors (Lipinski definition) is 0. The second kappa shape index (κ2) is 16.9. The quantitative estimate of drug-likeness (QED) is 0.140. The third-order valence-electron chi connectivity index (χ3n) is 9.52. The van der Waals surface area contributed by atoms with Gasteiger partial charge in [0.25, 0.3) is 0 Å². The minimum absolute atomic E-state index is 0.710. The lowest BCUT2D eigenvalue weighted by atomic mass is 9.74. The normalized spacial score (nSPS) is 25.7. The number of halogens is 1. The Morgan fingerprint density at radius 2 is 1.51 bits per heavy atom. The number of benzene rings is 1. The van der Waals surface area contributed by atoms with Crippen LogP contribution in [0, 0.1) is 29.1 Å². The largest absolute Gasteiger partial charge is 0.199 e. The molecule has 1 aromatic rings. The summed E-state index contributed by atoms with van der Waals surface area (Å²) < 4.78 is 12.8. The van der Waals surface area contributed by atoms with Crippen molar-refractivity contribution in [1.82, 2.24) is 0 Å². The van der Waals surface area contributed by atoms with Crippen LogP contribution < -0.4 is 0 Å². The van der Waals surface area contributed by atoms with Crippen molar-refractivity contribution in [3.8, 4) is 6.07 Å². The standard InChI is InChI=1S/C35H52FN/c1-3-12-31(4-2)34-17-10-11-18-35(34)32-25-23-30(24-26-32)15-9-8-14-29-21-19-28(20-22-29)13-6-5-7-16-33(36)27-37/h5,7,10-11,16-18,28-32H,3-4,6,8-9,12-15,19-26H2,1-2H3/t28-,29-,30-,31?,32-. The van der Waals surface area contributed by atoms with Crippen LogP contribution in [0.4, 0.5) is 4.39 Å². The number of rotatable bonds is 14. The summed E-state index contributed by atoms with van der Waals surface area (Å²) >= 11 is 0. The van der Waals surface area contributed by atoms with Gasteiger partial charge in [0, 0.05) is 0 Å². The van der Waals surface area contributed by atoms with Gasteiger partial charge in [0.2, 0.25) is 0 Å². The second-order valence-electron chi connectivity index (χ2n) is 12.0. The summed E-state index contributed by atoms with van der Waals surface area (Å²) in [6.07, 6.45) is 28.0. The van der Waals surface area contributed by atoms with E-state index in [4.69, 9.17) is 5.26 Å². The molecule has 0 saturated heterocycles. The minimum atomic E-state index is -0.710. The van der Waals surface area contributed by atoms with Gasteiger partial charge in [0.15, 0.2) is 5.83 Å². The van der Waals surface area contributed by atoms with Crippen molar-refractivity contribution in [2.24, 2.45) is 17.8 Å². The Morgan fingerprint density at radius 1 is 0.919 bits per heavy atom. The molecule has 1 nitrogen and oxygen atoms in total. The summed E-state index contributed by atoms with van der Waals surface area (Å²) in [7, 11) is 0. The lowest BCUT2D eigenvalue weighted by Gasteiger charge is -2.32. The monoisotopic (exact) mass is 505 g/mol. The maximum absolute atomic E-state index is 12.8. The smallest absolute Gasteiger partial charge is 0.195 e. The highest BCUT2D eigenvalue weighted by Crippen LogP contribution is 2.42. The molecular weight excluding hydrogens is 453 g/mol. The third kappa shape index (κ3) is 10.1. The Morgan fingerprint density at radius 3 is 2.11 bits per heavy atom. The molecule has 0 aromatic heterocycles. The summed E-state index contributed by atoms with van der Waals surface area (Å²) in [5.74, 6) is 3.56. The highest BCUT2D eigenvalue weighted by molar-refractivity contribution is 5.33. The molecule has 2 aliphatic rings. The van der Waals surface area contributed by atoms with Crippen LogP contribution in [-0.4, -0.2) is 0 Å². The number of unbranched alkanes of at least 4 members (excludes halogenated alkanes) is 1. The predicted octanol–water partition coefficient (Wildman–Crippen LogP) is 11.3. The molecule has 0 aliphatic heterocycles. The van der Waals surface area contributed by atoms with E-state index in [9.17, 15) is 4.39 Å². The van der Waals surface area contributed by atoms with Crippen molar-refractivity contribution >= 4 is 0 Å². The first kappa shape index (κ1) is 29.7. The molecule has 1 aromatic carbocycles. The van der Waals surface area contributed by atoms with Crippen LogP contribution in [-0.2, 0) is 0 Å². The summed E-state index contributed by atoms with van der Waals surface area (Å²) in [4.78, 5) is 0. The summed E-state index contributed by atoms with van der Waals surface area (Å²) in [5, 5.41) is 8.43. The van der Waals surface area contributed by atoms with Gasteiger partial charge >= 0.3 is 0 Å². The molecule has 0 spiro atoms. The number of hydrogen-bond acceptors (Lipinski definition) is 1. The van der Waals surface area contributed by atoms with Crippen LogP contribution in [0.5, 0.6) is 0 Å². The van der Waals surface area contributed by atoms with Crippen molar-refractivity contribution in [2.45, 2.75) is 135 Å². The summed E-state index contributed by atoms with van der Waals surface area (Å²) in [6.45, 7) is 4.69. The van der Waals surface area contributed by atoms with Gasteiger partial charge in [-0.1, -0.05) is 108 Å². The Kier molecular flexibility index (Phi) is 13.5. The van der Waals surface area contributed by atoms with E-state index in [-0.39, 0.29) is 0 Å². The lowest BCUT2D eigenvalue weighted by Crippen LogP contribution is -2.16. The average molecular weight is 506 g/mol. The number of allylic oxidation sites excluding steroid dienone is 4. The van der Waals surface area contributed by atoms with Crippen molar-refractivity contribution in [3.05, 3.63) is 59.4 Å². The molecule has 0 radical (unpaired) electrons. The molecule has 0 bridgehead atoms. The maximum Gasteiger partial charge on any atom is 0.199 e. The van der Waals surface area contributed by atoms with E-state index in [0.717, 1.165) is 36.0 Å². The zero-order chi connectivity index (χ0) is 26.3. The predicted molar refractivity (Wildman–Crippen MR) is 156 cm³/mol. The molecule has 0 amide bonds. The third-order valence-corrected chi connectivity index (χ3v) is 9.52. The van der Waals surface area contributed by atoms with Crippen molar-refractivity contribution in [3.63, 3.8) is 0 Å². The minimum Gasteiger partial charge on any atom is -0.195 e. The van der Waals surface area contributed by atoms with Gasteiger partial charge in [-0.05, 0) is 98.2 Å². The van der Waals surface area contributed by atoms with Gasteiger partial charge < -0.3 is 0 Å². The number of nitriles is 1. The van der Waals surface area contributed by atoms with Gasteiger partial charge in [-0.25, -0.2) is 0 Å².